The predicted octanol–water partition coefficient (Wildman–Crippen LogP) is 1.66. The molecule has 0 amide bonds. The fourth-order valence-electron chi connectivity index (χ4n) is 1.69. The van der Waals surface area contributed by atoms with E-state index in [0.717, 1.165) is 13.1 Å². The molecule has 1 aromatic carbocycles. The first-order valence-electron chi connectivity index (χ1n) is 4.97. The normalized spacial score (nSPS) is 15.6. The van der Waals surface area contributed by atoms with Crippen molar-refractivity contribution >= 4 is 23.0 Å². The summed E-state index contributed by atoms with van der Waals surface area (Å²) in [4.78, 5) is 12.4. The van der Waals surface area contributed by atoms with E-state index < -0.39 is 4.92 Å². The summed E-state index contributed by atoms with van der Waals surface area (Å²) in [7, 11) is 1.86. The van der Waals surface area contributed by atoms with E-state index in [2.05, 4.69) is 5.32 Å². The van der Waals surface area contributed by atoms with Crippen molar-refractivity contribution in [3.05, 3.63) is 33.3 Å². The molecule has 2 rings (SSSR count). The molecule has 0 bridgehead atoms. The van der Waals surface area contributed by atoms with Crippen LogP contribution in [0, 0.1) is 10.1 Å². The number of hydrogen-bond donors (Lipinski definition) is 1. The highest BCUT2D eigenvalue weighted by Gasteiger charge is 2.26. The van der Waals surface area contributed by atoms with Gasteiger partial charge in [-0.05, 0) is 12.1 Å². The number of likely N-dealkylation sites (N-methyl/N-ethyl adjacent to an activating group) is 1. The number of rotatable bonds is 3. The summed E-state index contributed by atoms with van der Waals surface area (Å²) in [6, 6.07) is 5.07. The van der Waals surface area contributed by atoms with Crippen molar-refractivity contribution in [2.45, 2.75) is 6.04 Å². The first kappa shape index (κ1) is 11.2. The van der Waals surface area contributed by atoms with Crippen molar-refractivity contribution in [2.75, 3.05) is 25.0 Å². The van der Waals surface area contributed by atoms with Gasteiger partial charge in [0.25, 0.3) is 5.69 Å². The molecule has 1 aliphatic heterocycles. The third kappa shape index (κ3) is 1.96. The van der Waals surface area contributed by atoms with Gasteiger partial charge in [-0.1, -0.05) is 11.6 Å². The summed E-state index contributed by atoms with van der Waals surface area (Å²) in [5.41, 5.74) is 0.669. The van der Waals surface area contributed by atoms with Crippen LogP contribution in [0.2, 0.25) is 5.02 Å². The molecule has 5 nitrogen and oxygen atoms in total. The molecule has 1 N–H and O–H groups in total. The molecule has 0 spiro atoms. The summed E-state index contributed by atoms with van der Waals surface area (Å²) in [5.74, 6) is 0. The van der Waals surface area contributed by atoms with Gasteiger partial charge in [-0.3, -0.25) is 10.1 Å². The van der Waals surface area contributed by atoms with Crippen molar-refractivity contribution in [3.63, 3.8) is 0 Å². The molecule has 86 valence electrons. The third-order valence-corrected chi connectivity index (χ3v) is 3.06. The van der Waals surface area contributed by atoms with Crippen LogP contribution >= 0.6 is 11.6 Å². The summed E-state index contributed by atoms with van der Waals surface area (Å²) in [6.45, 7) is 1.71. The van der Waals surface area contributed by atoms with E-state index in [-0.39, 0.29) is 5.69 Å². The van der Waals surface area contributed by atoms with E-state index in [4.69, 9.17) is 11.6 Å². The van der Waals surface area contributed by atoms with Crippen LogP contribution in [0.3, 0.4) is 0 Å². The molecule has 0 radical (unpaired) electrons. The minimum atomic E-state index is -0.399. The van der Waals surface area contributed by atoms with Crippen molar-refractivity contribution in [1.29, 1.82) is 0 Å². The Morgan fingerprint density at radius 2 is 2.25 bits per heavy atom. The topological polar surface area (TPSA) is 58.4 Å². The SMILES string of the molecule is CN(c1ccc(Cl)cc1[N+](=O)[O-])C1CNC1. The Kier molecular flexibility index (Phi) is 2.98. The highest BCUT2D eigenvalue weighted by Crippen LogP contribution is 2.31. The highest BCUT2D eigenvalue weighted by molar-refractivity contribution is 6.30. The van der Waals surface area contributed by atoms with E-state index in [1.807, 2.05) is 11.9 Å². The number of benzene rings is 1. The zero-order valence-corrected chi connectivity index (χ0v) is 9.57. The Labute approximate surface area is 98.2 Å². The fourth-order valence-corrected chi connectivity index (χ4v) is 1.85. The third-order valence-electron chi connectivity index (χ3n) is 2.82. The number of halogens is 1. The Morgan fingerprint density at radius 3 is 2.75 bits per heavy atom. The minimum Gasteiger partial charge on any atom is -0.364 e. The number of anilines is 1. The van der Waals surface area contributed by atoms with Gasteiger partial charge in [0, 0.05) is 31.2 Å². The van der Waals surface area contributed by atoms with E-state index >= 15 is 0 Å². The van der Waals surface area contributed by atoms with Gasteiger partial charge in [0.05, 0.1) is 11.0 Å². The number of hydrogen-bond acceptors (Lipinski definition) is 4. The largest absolute Gasteiger partial charge is 0.364 e. The molecule has 6 heteroatoms. The Bertz CT molecular complexity index is 421. The van der Waals surface area contributed by atoms with Crippen LogP contribution in [0.15, 0.2) is 18.2 Å². The molecule has 1 saturated heterocycles. The van der Waals surface area contributed by atoms with Gasteiger partial charge in [0.2, 0.25) is 0 Å². The molecule has 1 fully saturated rings. The van der Waals surface area contributed by atoms with Gasteiger partial charge >= 0.3 is 0 Å². The van der Waals surface area contributed by atoms with Gasteiger partial charge in [0.15, 0.2) is 0 Å². The van der Waals surface area contributed by atoms with Crippen LogP contribution in [0.5, 0.6) is 0 Å². The van der Waals surface area contributed by atoms with Gasteiger partial charge in [-0.2, -0.15) is 0 Å². The second-order valence-electron chi connectivity index (χ2n) is 3.81. The molecule has 0 atom stereocenters. The average molecular weight is 242 g/mol. The van der Waals surface area contributed by atoms with Gasteiger partial charge in [-0.15, -0.1) is 0 Å². The summed E-state index contributed by atoms with van der Waals surface area (Å²) < 4.78 is 0. The molecule has 0 aromatic heterocycles. The van der Waals surface area contributed by atoms with Gasteiger partial charge < -0.3 is 10.2 Å². The highest BCUT2D eigenvalue weighted by atomic mass is 35.5. The van der Waals surface area contributed by atoms with E-state index in [9.17, 15) is 10.1 Å². The molecule has 0 unspecified atom stereocenters. The van der Waals surface area contributed by atoms with E-state index in [0.29, 0.717) is 16.8 Å². The first-order chi connectivity index (χ1) is 7.59. The predicted molar refractivity (Wildman–Crippen MR) is 63.2 cm³/mol. The lowest BCUT2D eigenvalue weighted by atomic mass is 10.1. The first-order valence-corrected chi connectivity index (χ1v) is 5.35. The zero-order chi connectivity index (χ0) is 11.7. The summed E-state index contributed by atoms with van der Waals surface area (Å²) >= 11 is 5.76. The Morgan fingerprint density at radius 1 is 1.56 bits per heavy atom. The van der Waals surface area contributed by atoms with Crippen LogP contribution in [0.4, 0.5) is 11.4 Å². The molecule has 1 aromatic rings. The zero-order valence-electron chi connectivity index (χ0n) is 8.81. The van der Waals surface area contributed by atoms with Crippen LogP contribution in [-0.2, 0) is 0 Å². The molecular formula is C10H12ClN3O2. The monoisotopic (exact) mass is 241 g/mol. The minimum absolute atomic E-state index is 0.0573. The standard InChI is InChI=1S/C10H12ClN3O2/c1-13(8-5-12-6-8)9-3-2-7(11)4-10(9)14(15)16/h2-4,8,12H,5-6H2,1H3. The van der Waals surface area contributed by atoms with E-state index in [1.165, 1.54) is 6.07 Å². The quantitative estimate of drug-likeness (QED) is 0.646. The van der Waals surface area contributed by atoms with Crippen molar-refractivity contribution < 1.29 is 4.92 Å². The van der Waals surface area contributed by atoms with E-state index in [1.54, 1.807) is 12.1 Å². The Hall–Kier alpha value is -1.33. The second-order valence-corrected chi connectivity index (χ2v) is 4.25. The molecule has 16 heavy (non-hydrogen) atoms. The lowest BCUT2D eigenvalue weighted by molar-refractivity contribution is -0.384. The number of nitrogens with zero attached hydrogens (tertiary/aromatic N) is 2. The smallest absolute Gasteiger partial charge is 0.294 e. The fraction of sp³-hybridized carbons (Fsp3) is 0.400. The lowest BCUT2D eigenvalue weighted by Crippen LogP contribution is -2.56. The number of nitro groups is 1. The molecule has 0 aliphatic carbocycles. The van der Waals surface area contributed by atoms with Crippen LogP contribution < -0.4 is 10.2 Å². The maximum Gasteiger partial charge on any atom is 0.294 e. The van der Waals surface area contributed by atoms with Crippen LogP contribution in [0.1, 0.15) is 0 Å². The molecule has 1 aliphatic rings. The number of nitro benzene ring substituents is 1. The van der Waals surface area contributed by atoms with Gasteiger partial charge in [0.1, 0.15) is 5.69 Å². The maximum absolute atomic E-state index is 10.9. The average Bonchev–Trinajstić information content (AvgIpc) is 2.14. The number of nitrogens with one attached hydrogen (secondary N) is 1. The summed E-state index contributed by atoms with van der Waals surface area (Å²) in [5, 5.41) is 14.4. The van der Waals surface area contributed by atoms with Crippen molar-refractivity contribution in [1.82, 2.24) is 5.32 Å². The van der Waals surface area contributed by atoms with Gasteiger partial charge in [-0.25, -0.2) is 0 Å². The van der Waals surface area contributed by atoms with Crippen molar-refractivity contribution in [3.8, 4) is 0 Å². The maximum atomic E-state index is 10.9. The lowest BCUT2D eigenvalue weighted by Gasteiger charge is -2.36. The Balaban J connectivity index is 2.34. The second kappa shape index (κ2) is 4.27. The van der Waals surface area contributed by atoms with Crippen LogP contribution in [0.25, 0.3) is 0 Å². The summed E-state index contributed by atoms with van der Waals surface area (Å²) in [6.07, 6.45) is 0. The molecule has 0 saturated carbocycles. The molecule has 1 heterocycles. The molecular weight excluding hydrogens is 230 g/mol. The van der Waals surface area contributed by atoms with Crippen molar-refractivity contribution in [2.24, 2.45) is 0 Å². The van der Waals surface area contributed by atoms with Crippen LogP contribution in [-0.4, -0.2) is 31.1 Å².